The van der Waals surface area contributed by atoms with E-state index in [1.165, 1.54) is 17.8 Å². The first-order chi connectivity index (χ1) is 7.15. The zero-order chi connectivity index (χ0) is 11.3. The molecule has 0 spiro atoms. The molecule has 0 aliphatic heterocycles. The van der Waals surface area contributed by atoms with Crippen molar-refractivity contribution in [2.24, 2.45) is 0 Å². The molecule has 0 aromatic heterocycles. The summed E-state index contributed by atoms with van der Waals surface area (Å²) in [6, 6.07) is 6.65. The molecule has 1 atom stereocenters. The largest absolute Gasteiger partial charge is 0.358 e. The van der Waals surface area contributed by atoms with Gasteiger partial charge in [0.05, 0.1) is 5.75 Å². The van der Waals surface area contributed by atoms with Crippen molar-refractivity contribution < 1.29 is 9.18 Å². The van der Waals surface area contributed by atoms with E-state index in [1.54, 1.807) is 25.2 Å². The molecule has 0 aliphatic rings. The van der Waals surface area contributed by atoms with Crippen molar-refractivity contribution in [2.45, 2.75) is 12.2 Å². The number of thioether (sulfide) groups is 1. The molecule has 1 amide bonds. The van der Waals surface area contributed by atoms with Gasteiger partial charge in [-0.25, -0.2) is 4.39 Å². The average molecular weight is 227 g/mol. The van der Waals surface area contributed by atoms with Crippen molar-refractivity contribution in [1.82, 2.24) is 5.32 Å². The molecule has 0 fully saturated rings. The molecule has 0 heterocycles. The highest BCUT2D eigenvalue weighted by Crippen LogP contribution is 2.29. The number of hydrogen-bond acceptors (Lipinski definition) is 2. The Hall–Kier alpha value is -1.03. The Morgan fingerprint density at radius 1 is 1.53 bits per heavy atom. The van der Waals surface area contributed by atoms with Crippen LogP contribution in [0.1, 0.15) is 17.7 Å². The molecule has 1 rings (SSSR count). The second-order valence-corrected chi connectivity index (χ2v) is 4.48. The van der Waals surface area contributed by atoms with Gasteiger partial charge in [0.1, 0.15) is 5.82 Å². The maximum atomic E-state index is 13.3. The molecule has 0 bridgehead atoms. The van der Waals surface area contributed by atoms with Gasteiger partial charge in [0, 0.05) is 17.9 Å². The third kappa shape index (κ3) is 3.55. The average Bonchev–Trinajstić information content (AvgIpc) is 2.26. The minimum atomic E-state index is -0.214. The van der Waals surface area contributed by atoms with Gasteiger partial charge in [-0.1, -0.05) is 18.2 Å². The van der Waals surface area contributed by atoms with E-state index in [0.29, 0.717) is 11.3 Å². The summed E-state index contributed by atoms with van der Waals surface area (Å²) < 4.78 is 13.3. The summed E-state index contributed by atoms with van der Waals surface area (Å²) in [6.45, 7) is 1.89. The van der Waals surface area contributed by atoms with E-state index in [2.05, 4.69) is 5.32 Å². The van der Waals surface area contributed by atoms with E-state index < -0.39 is 0 Å². The molecular weight excluding hydrogens is 213 g/mol. The summed E-state index contributed by atoms with van der Waals surface area (Å²) in [4.78, 5) is 11.0. The van der Waals surface area contributed by atoms with E-state index in [1.807, 2.05) is 6.92 Å². The van der Waals surface area contributed by atoms with Gasteiger partial charge in [-0.2, -0.15) is 0 Å². The van der Waals surface area contributed by atoms with E-state index in [-0.39, 0.29) is 17.0 Å². The lowest BCUT2D eigenvalue weighted by Crippen LogP contribution is -2.20. The predicted molar refractivity (Wildman–Crippen MR) is 61.3 cm³/mol. The molecule has 15 heavy (non-hydrogen) atoms. The van der Waals surface area contributed by atoms with E-state index in [4.69, 9.17) is 0 Å². The summed E-state index contributed by atoms with van der Waals surface area (Å²) in [5, 5.41) is 2.52. The quantitative estimate of drug-likeness (QED) is 0.855. The van der Waals surface area contributed by atoms with Crippen LogP contribution >= 0.6 is 11.8 Å². The van der Waals surface area contributed by atoms with E-state index in [9.17, 15) is 9.18 Å². The number of rotatable bonds is 4. The molecule has 0 aliphatic carbocycles. The molecule has 1 N–H and O–H groups in total. The smallest absolute Gasteiger partial charge is 0.229 e. The second-order valence-electron chi connectivity index (χ2n) is 3.15. The summed E-state index contributed by atoms with van der Waals surface area (Å²) in [5.74, 6) is 0.101. The minimum absolute atomic E-state index is 0.0106. The molecule has 0 radical (unpaired) electrons. The van der Waals surface area contributed by atoms with Crippen LogP contribution in [0.2, 0.25) is 0 Å². The molecule has 4 heteroatoms. The molecule has 2 nitrogen and oxygen atoms in total. The number of nitrogens with one attached hydrogen (secondary N) is 1. The zero-order valence-electron chi connectivity index (χ0n) is 8.79. The normalized spacial score (nSPS) is 12.2. The molecule has 82 valence electrons. The van der Waals surface area contributed by atoms with Crippen molar-refractivity contribution in [3.05, 3.63) is 35.6 Å². The highest BCUT2D eigenvalue weighted by Gasteiger charge is 2.11. The summed E-state index contributed by atoms with van der Waals surface area (Å²) in [6.07, 6.45) is 0. The Bertz CT molecular complexity index is 343. The third-order valence-corrected chi connectivity index (χ3v) is 3.27. The Morgan fingerprint density at radius 3 is 2.80 bits per heavy atom. The van der Waals surface area contributed by atoms with Gasteiger partial charge in [0.2, 0.25) is 5.91 Å². The lowest BCUT2D eigenvalue weighted by atomic mass is 10.1. The molecular formula is C11H14FNOS. The van der Waals surface area contributed by atoms with Crippen LogP contribution < -0.4 is 5.32 Å². The summed E-state index contributed by atoms with van der Waals surface area (Å²) in [7, 11) is 1.59. The number of halogens is 1. The van der Waals surface area contributed by atoms with Gasteiger partial charge in [-0.05, 0) is 13.0 Å². The van der Waals surface area contributed by atoms with Crippen LogP contribution in [-0.4, -0.2) is 18.7 Å². The van der Waals surface area contributed by atoms with Crippen LogP contribution in [0.15, 0.2) is 24.3 Å². The van der Waals surface area contributed by atoms with Gasteiger partial charge in [-0.3, -0.25) is 4.79 Å². The molecule has 1 aromatic rings. The van der Waals surface area contributed by atoms with Crippen LogP contribution in [-0.2, 0) is 4.79 Å². The number of amides is 1. The Labute approximate surface area is 93.3 Å². The van der Waals surface area contributed by atoms with Gasteiger partial charge >= 0.3 is 0 Å². The highest BCUT2D eigenvalue weighted by atomic mass is 32.2. The first-order valence-corrected chi connectivity index (χ1v) is 5.76. The molecule has 0 saturated heterocycles. The number of hydrogen-bond donors (Lipinski definition) is 1. The third-order valence-electron chi connectivity index (χ3n) is 2.09. The highest BCUT2D eigenvalue weighted by molar-refractivity contribution is 8.00. The number of benzene rings is 1. The zero-order valence-corrected chi connectivity index (χ0v) is 9.60. The lowest BCUT2D eigenvalue weighted by molar-refractivity contribution is -0.118. The van der Waals surface area contributed by atoms with Crippen LogP contribution in [0.4, 0.5) is 4.39 Å². The van der Waals surface area contributed by atoms with Crippen LogP contribution in [0, 0.1) is 5.82 Å². The van der Waals surface area contributed by atoms with Gasteiger partial charge in [-0.15, -0.1) is 11.8 Å². The SMILES string of the molecule is CNC(=O)CSC(C)c1ccccc1F. The van der Waals surface area contributed by atoms with Crippen LogP contribution in [0.3, 0.4) is 0 Å². The molecule has 1 unspecified atom stereocenters. The first kappa shape index (κ1) is 12.0. The van der Waals surface area contributed by atoms with Crippen molar-refractivity contribution in [3.8, 4) is 0 Å². The molecule has 0 saturated carbocycles. The van der Waals surface area contributed by atoms with Gasteiger partial charge in [0.25, 0.3) is 0 Å². The molecule has 1 aromatic carbocycles. The first-order valence-electron chi connectivity index (χ1n) is 4.71. The maximum absolute atomic E-state index is 13.3. The number of carbonyl (C=O) groups is 1. The fourth-order valence-electron chi connectivity index (χ4n) is 1.17. The van der Waals surface area contributed by atoms with Crippen LogP contribution in [0.5, 0.6) is 0 Å². The van der Waals surface area contributed by atoms with Crippen LogP contribution in [0.25, 0.3) is 0 Å². The maximum Gasteiger partial charge on any atom is 0.229 e. The Kier molecular flexibility index (Phi) is 4.62. The predicted octanol–water partition coefficient (Wildman–Crippen LogP) is 2.37. The second kappa shape index (κ2) is 5.75. The standard InChI is InChI=1S/C11H14FNOS/c1-8(15-7-11(14)13-2)9-5-3-4-6-10(9)12/h3-6,8H,7H2,1-2H3,(H,13,14). The van der Waals surface area contributed by atoms with Crippen molar-refractivity contribution in [2.75, 3.05) is 12.8 Å². The summed E-state index contributed by atoms with van der Waals surface area (Å²) in [5.41, 5.74) is 0.645. The van der Waals surface area contributed by atoms with Gasteiger partial charge < -0.3 is 5.32 Å². The minimum Gasteiger partial charge on any atom is -0.358 e. The Balaban J connectivity index is 2.57. The van der Waals surface area contributed by atoms with E-state index in [0.717, 1.165) is 0 Å². The monoisotopic (exact) mass is 227 g/mol. The summed E-state index contributed by atoms with van der Waals surface area (Å²) >= 11 is 1.42. The number of carbonyl (C=O) groups excluding carboxylic acids is 1. The van der Waals surface area contributed by atoms with Crippen molar-refractivity contribution in [1.29, 1.82) is 0 Å². The van der Waals surface area contributed by atoms with E-state index >= 15 is 0 Å². The van der Waals surface area contributed by atoms with Gasteiger partial charge in [0.15, 0.2) is 0 Å². The van der Waals surface area contributed by atoms with Crippen molar-refractivity contribution >= 4 is 17.7 Å². The fraction of sp³-hybridized carbons (Fsp3) is 0.364. The van der Waals surface area contributed by atoms with Crippen molar-refractivity contribution in [3.63, 3.8) is 0 Å². The fourth-order valence-corrected chi connectivity index (χ4v) is 2.08. The lowest BCUT2D eigenvalue weighted by Gasteiger charge is -2.11. The topological polar surface area (TPSA) is 29.1 Å². The Morgan fingerprint density at radius 2 is 2.20 bits per heavy atom.